The molecule has 6 fully saturated rings. The van der Waals surface area contributed by atoms with E-state index >= 15 is 22.0 Å². The molecular weight excluding hydrogens is 1430 g/mol. The van der Waals surface area contributed by atoms with E-state index in [2.05, 4.69) is 85.0 Å². The Kier molecular flexibility index (Phi) is 18.3. The van der Waals surface area contributed by atoms with Crippen LogP contribution in [-0.2, 0) is 95.1 Å². The van der Waals surface area contributed by atoms with E-state index < -0.39 is 167 Å². The third-order valence-corrected chi connectivity index (χ3v) is 21.4. The van der Waals surface area contributed by atoms with E-state index in [1.807, 2.05) is 0 Å². The lowest BCUT2D eigenvalue weighted by Crippen LogP contribution is -2.41. The normalized spacial score (nSPS) is 37.9. The maximum absolute atomic E-state index is 16.0. The molecule has 0 aliphatic carbocycles. The molecule has 6 saturated heterocycles. The van der Waals surface area contributed by atoms with Crippen LogP contribution in [0.1, 0.15) is 66.2 Å². The Bertz CT molecular complexity index is 4340. The zero-order chi connectivity index (χ0) is 64.6. The number of nitrogens with zero attached hydrogens (tertiary/aromatic N) is 14. The van der Waals surface area contributed by atoms with Crippen LogP contribution in [0, 0.1) is 0 Å². The summed E-state index contributed by atoms with van der Waals surface area (Å²) in [5.74, 6) is -5.74. The Morgan fingerprint density at radius 1 is 0.620 bits per heavy atom. The number of aliphatic imine (C=N–C) groups is 2. The smallest absolute Gasteiger partial charge is 0.369 e. The standard InChI is InChI=1S/C20H20F3N9O10P2S2.C20H21F2N9O9P2S3.CH4/c21-9-7-3-37-44(36,46)42-13-8(40-18(20(13,22)23)32-14-10(29-30-32)6(33)1-2-25-14)4-38-43(35,45)41-12(9)17(39-7)31-5-26-11-15(31)27-19(24)28-16(11)34;21-9-7-3-35-41(34,43)39-13-8(38-18(10(13)22)30-5-25-11-6(32)1-2-24-15(11)30)4-36-42(44,45)40-14(9)19(37-7)31-16-12(28-29-31)17(33)27-20(23)26-16;/h2,5,7-9,12-13,17-18H,1,3-4H2,(H,35,45)(H,36,46)(H3,24,27,28,34);2,5,7-10,13-14,18-19H,1,3-4H2,(H,34,43)(H,44,45)(H3,23,26,27,33);1H4/t7-,8-,9-,12-,13-,17-,18-,43?,44?;7-,8-,9-,10+,13-,14-,18-,19-,41?;/m11./s1. The summed E-state index contributed by atoms with van der Waals surface area (Å²) >= 11 is 23.8. The first kappa shape index (κ1) is 67.2. The Morgan fingerprint density at radius 3 is 1.88 bits per heavy atom. The molecule has 8 aliphatic rings. The van der Waals surface area contributed by atoms with Crippen molar-refractivity contribution in [1.82, 2.24) is 69.0 Å². The Morgan fingerprint density at radius 2 is 1.18 bits per heavy atom. The number of aromatic nitrogens is 14. The number of hydrogen-bond acceptors (Lipinski definition) is 32. The van der Waals surface area contributed by atoms with Gasteiger partial charge in [0.05, 0.1) is 39.1 Å². The van der Waals surface area contributed by atoms with Crippen molar-refractivity contribution in [2.24, 2.45) is 9.98 Å². The molecule has 0 amide bonds. The molecule has 92 heavy (non-hydrogen) atoms. The minimum Gasteiger partial charge on any atom is -0.369 e. The number of imidazole rings is 2. The van der Waals surface area contributed by atoms with Crippen LogP contribution >= 0.6 is 50.4 Å². The highest BCUT2D eigenvalue weighted by Gasteiger charge is 2.64. The summed E-state index contributed by atoms with van der Waals surface area (Å²) in [7, 11) is 0. The minimum atomic E-state index is -4.66. The summed E-state index contributed by atoms with van der Waals surface area (Å²) in [5.41, 5.74) is 5.24. The van der Waals surface area contributed by atoms with E-state index in [0.29, 0.717) is 4.68 Å². The van der Waals surface area contributed by atoms with Gasteiger partial charge >= 0.3 is 26.2 Å². The highest BCUT2D eigenvalue weighted by molar-refractivity contribution is 8.60. The van der Waals surface area contributed by atoms with E-state index in [-0.39, 0.29) is 83.3 Å². The van der Waals surface area contributed by atoms with E-state index in [1.54, 1.807) is 0 Å². The van der Waals surface area contributed by atoms with Crippen LogP contribution in [0.4, 0.5) is 45.5 Å². The topological polar surface area (TPSA) is 468 Å². The van der Waals surface area contributed by atoms with Gasteiger partial charge < -0.3 is 58.3 Å². The van der Waals surface area contributed by atoms with Crippen LogP contribution in [0.2, 0.25) is 0 Å². The quantitative estimate of drug-likeness (QED) is 0.0714. The van der Waals surface area contributed by atoms with Crippen molar-refractivity contribution >= 4 is 156 Å². The van der Waals surface area contributed by atoms with Gasteiger partial charge in [-0.3, -0.25) is 56.4 Å². The number of carbonyl (C=O) groups excluding carboxylic acids is 2. The molecule has 0 radical (unpaired) electrons. The number of hydrogen-bond donors (Lipinski definition) is 8. The maximum atomic E-state index is 16.0. The van der Waals surface area contributed by atoms with Gasteiger partial charge in [0.25, 0.3) is 11.1 Å². The van der Waals surface area contributed by atoms with Crippen LogP contribution in [-0.4, -0.2) is 203 Å². The Hall–Kier alpha value is -4.77. The van der Waals surface area contributed by atoms with Gasteiger partial charge in [0.1, 0.15) is 42.7 Å². The van der Waals surface area contributed by atoms with Crippen LogP contribution in [0.5, 0.6) is 0 Å². The second-order valence-corrected chi connectivity index (χ2v) is 34.1. The number of alkyl halides is 5. The largest absolute Gasteiger partial charge is 0.386 e. The molecule has 6 aromatic heterocycles. The number of nitrogens with two attached hydrogens (primary N) is 2. The number of thiol groups is 2. The number of halogens is 5. The molecule has 51 heteroatoms. The maximum Gasteiger partial charge on any atom is 0.386 e. The molecule has 8 aliphatic heterocycles. The zero-order valence-electron chi connectivity index (χ0n) is 44.8. The highest BCUT2D eigenvalue weighted by Crippen LogP contribution is 2.62. The molecule has 19 atom stereocenters. The van der Waals surface area contributed by atoms with E-state index in [4.69, 9.17) is 102 Å². The lowest BCUT2D eigenvalue weighted by molar-refractivity contribution is -0.141. The van der Waals surface area contributed by atoms with Crippen molar-refractivity contribution in [1.29, 1.82) is 0 Å². The summed E-state index contributed by atoms with van der Waals surface area (Å²) in [5, 5.41) is 14.9. The van der Waals surface area contributed by atoms with Gasteiger partial charge in [-0.05, 0) is 35.4 Å². The first-order chi connectivity index (χ1) is 43.0. The van der Waals surface area contributed by atoms with Gasteiger partial charge in [-0.25, -0.2) is 37.7 Å². The molecule has 498 valence electrons. The van der Waals surface area contributed by atoms with Crippen LogP contribution < -0.4 is 22.6 Å². The summed E-state index contributed by atoms with van der Waals surface area (Å²) in [4.78, 5) is 99.3. The molecule has 14 rings (SSSR count). The fraction of sp³-hybridized carbons (Fsp3) is 0.561. The number of ketones is 2. The second kappa shape index (κ2) is 25.0. The number of anilines is 2. The fourth-order valence-corrected chi connectivity index (χ4v) is 16.7. The van der Waals surface area contributed by atoms with Crippen molar-refractivity contribution in [2.45, 2.75) is 118 Å². The summed E-state index contributed by atoms with van der Waals surface area (Å²) < 4.78 is 163. The highest BCUT2D eigenvalue weighted by atomic mass is 32.9. The van der Waals surface area contributed by atoms with Crippen molar-refractivity contribution < 1.29 is 101 Å². The van der Waals surface area contributed by atoms with Crippen molar-refractivity contribution in [3.63, 3.8) is 0 Å². The molecule has 6 aromatic rings. The summed E-state index contributed by atoms with van der Waals surface area (Å²) in [6.45, 7) is -16.7. The number of Topliss-reactive ketones (excluding diaryl/α,β-unsaturated/α-hetero) is 2. The number of ether oxygens (including phenoxy) is 4. The number of nitrogens with one attached hydrogen (secondary N) is 2. The van der Waals surface area contributed by atoms with E-state index in [1.165, 1.54) is 23.3 Å². The van der Waals surface area contributed by atoms with E-state index in [9.17, 15) is 33.5 Å². The molecule has 8 N–H and O–H groups in total. The number of rotatable bonds is 4. The van der Waals surface area contributed by atoms with Gasteiger partial charge in [0.15, 0.2) is 100 Å². The van der Waals surface area contributed by atoms with Crippen molar-refractivity contribution in [3.8, 4) is 0 Å². The Balaban J connectivity index is 0.000000176. The number of aromatic amines is 2. The van der Waals surface area contributed by atoms with Crippen molar-refractivity contribution in [2.75, 3.05) is 37.9 Å². The molecule has 4 unspecified atom stereocenters. The molecule has 14 heterocycles. The second-order valence-electron chi connectivity index (χ2n) is 20.4. The van der Waals surface area contributed by atoms with Crippen LogP contribution in [0.25, 0.3) is 22.3 Å². The molecular formula is C41H45F5N18O19P4S5. The fourth-order valence-electron chi connectivity index (χ4n) is 10.5. The average Bonchev–Trinajstić information content (AvgIpc) is 1.62. The van der Waals surface area contributed by atoms with Gasteiger partial charge in [-0.2, -0.15) is 28.1 Å². The predicted octanol–water partition coefficient (Wildman–Crippen LogP) is 2.70. The third kappa shape index (κ3) is 12.6. The SMILES string of the molecule is C.Nc1nc2c(ncn2[C@@H]2O[C@@H]3COP(O)(=S)O[C@@H]4[C@@H](COP(=O)(S)O[C@@H]2[C@@H]3F)O[C@@H](n2nnc3c2N=CCC3=O)C4(F)F)c(=O)[nH]1.Nc1nc2c(nnn2[C@@H]2O[C@@H]3COP(O)(=S)O[C@H]4[C@H](F)[C@H](n5cnc6c5N=CCC6=O)O[C@@H]4COP(=S)(S)O[C@@H]2[C@@H]3F)c(=O)[nH]1. The van der Waals surface area contributed by atoms with Gasteiger partial charge in [0.2, 0.25) is 23.8 Å². The van der Waals surface area contributed by atoms with Gasteiger partial charge in [-0.1, -0.05) is 42.4 Å². The van der Waals surface area contributed by atoms with E-state index in [0.717, 1.165) is 15.6 Å². The Labute approximate surface area is 534 Å². The molecule has 0 spiro atoms. The first-order valence-corrected chi connectivity index (χ1v) is 37.6. The number of fused-ring (bicyclic) bond motifs is 10. The molecule has 0 aromatic carbocycles. The summed E-state index contributed by atoms with van der Waals surface area (Å²) in [6.07, 6.45) is -21.9. The van der Waals surface area contributed by atoms with Gasteiger partial charge in [0, 0.05) is 25.3 Å². The monoisotopic (exact) mass is 1470 g/mol. The summed E-state index contributed by atoms with van der Waals surface area (Å²) in [6, 6.07) is 0. The third-order valence-electron chi connectivity index (χ3n) is 14.5. The lowest BCUT2D eigenvalue weighted by atomic mass is 10.1. The predicted molar refractivity (Wildman–Crippen MR) is 318 cm³/mol. The average molecular weight is 1470 g/mol. The van der Waals surface area contributed by atoms with Crippen LogP contribution in [0.3, 0.4) is 0 Å². The zero-order valence-corrected chi connectivity index (χ0v) is 52.6. The molecule has 4 bridgehead atoms. The number of H-pyrrole nitrogens is 2. The number of nitrogen functional groups attached to an aromatic ring is 2. The molecule has 37 nitrogen and oxygen atoms in total. The van der Waals surface area contributed by atoms with Gasteiger partial charge in [-0.15, -0.1) is 10.2 Å². The minimum absolute atomic E-state index is 0. The lowest BCUT2D eigenvalue weighted by Gasteiger charge is -2.28. The van der Waals surface area contributed by atoms with Crippen molar-refractivity contribution in [3.05, 3.63) is 44.8 Å². The van der Waals surface area contributed by atoms with Crippen LogP contribution in [0.15, 0.2) is 32.2 Å². The number of carbonyl (C=O) groups is 2. The molecule has 0 saturated carbocycles. The first-order valence-electron chi connectivity index (χ1n) is 26.0.